The third-order valence-electron chi connectivity index (χ3n) is 2.93. The fourth-order valence-corrected chi connectivity index (χ4v) is 3.34. The van der Waals surface area contributed by atoms with E-state index in [0.717, 1.165) is 16.3 Å². The molecular formula is C14H16BrFN2S. The molecule has 0 fully saturated rings. The number of nitrogens with one attached hydrogen (secondary N) is 1. The SMILES string of the molecule is Cc1nc(C)c(C(C)NCc2ccc(F)c(Br)c2)s1. The van der Waals surface area contributed by atoms with Crippen LogP contribution in [0.15, 0.2) is 22.7 Å². The molecule has 1 N–H and O–H groups in total. The van der Waals surface area contributed by atoms with E-state index >= 15 is 0 Å². The Morgan fingerprint density at radius 1 is 1.42 bits per heavy atom. The summed E-state index contributed by atoms with van der Waals surface area (Å²) in [5.74, 6) is -0.231. The zero-order valence-electron chi connectivity index (χ0n) is 11.1. The highest BCUT2D eigenvalue weighted by molar-refractivity contribution is 9.10. The minimum absolute atomic E-state index is 0.231. The smallest absolute Gasteiger partial charge is 0.137 e. The number of halogens is 2. The molecule has 19 heavy (non-hydrogen) atoms. The molecule has 1 heterocycles. The summed E-state index contributed by atoms with van der Waals surface area (Å²) >= 11 is 4.92. The van der Waals surface area contributed by atoms with E-state index in [9.17, 15) is 4.39 Å². The molecule has 5 heteroatoms. The first-order chi connectivity index (χ1) is 8.97. The second kappa shape index (κ2) is 6.11. The van der Waals surface area contributed by atoms with Gasteiger partial charge in [0.15, 0.2) is 0 Å². The third-order valence-corrected chi connectivity index (χ3v) is 4.79. The van der Waals surface area contributed by atoms with E-state index < -0.39 is 0 Å². The maximum atomic E-state index is 13.1. The van der Waals surface area contributed by atoms with Gasteiger partial charge in [-0.05, 0) is 54.4 Å². The van der Waals surface area contributed by atoms with Gasteiger partial charge in [0.05, 0.1) is 15.2 Å². The van der Waals surface area contributed by atoms with Crippen LogP contribution in [-0.2, 0) is 6.54 Å². The van der Waals surface area contributed by atoms with Crippen molar-refractivity contribution in [2.45, 2.75) is 33.4 Å². The van der Waals surface area contributed by atoms with E-state index in [4.69, 9.17) is 0 Å². The zero-order chi connectivity index (χ0) is 14.0. The van der Waals surface area contributed by atoms with Gasteiger partial charge < -0.3 is 5.32 Å². The summed E-state index contributed by atoms with van der Waals surface area (Å²) in [6.07, 6.45) is 0. The summed E-state index contributed by atoms with van der Waals surface area (Å²) < 4.78 is 13.6. The Balaban J connectivity index is 2.02. The number of rotatable bonds is 4. The number of benzene rings is 1. The Kier molecular flexibility index (Phi) is 4.71. The number of hydrogen-bond donors (Lipinski definition) is 1. The Bertz CT molecular complexity index is 583. The molecule has 1 atom stereocenters. The number of thiazole rings is 1. The molecule has 0 saturated heterocycles. The maximum absolute atomic E-state index is 13.1. The molecule has 2 rings (SSSR count). The van der Waals surface area contributed by atoms with Gasteiger partial charge in [0.1, 0.15) is 5.82 Å². The zero-order valence-corrected chi connectivity index (χ0v) is 13.5. The summed E-state index contributed by atoms with van der Waals surface area (Å²) in [5, 5.41) is 4.53. The van der Waals surface area contributed by atoms with Crippen LogP contribution in [0.2, 0.25) is 0 Å². The van der Waals surface area contributed by atoms with Crippen molar-refractivity contribution in [1.29, 1.82) is 0 Å². The highest BCUT2D eigenvalue weighted by atomic mass is 79.9. The molecule has 0 spiro atoms. The average Bonchev–Trinajstić information content (AvgIpc) is 2.70. The summed E-state index contributed by atoms with van der Waals surface area (Å²) in [7, 11) is 0. The minimum atomic E-state index is -0.231. The van der Waals surface area contributed by atoms with Crippen LogP contribution in [0.5, 0.6) is 0 Å². The predicted molar refractivity (Wildman–Crippen MR) is 80.9 cm³/mol. The van der Waals surface area contributed by atoms with Crippen LogP contribution in [0.3, 0.4) is 0 Å². The van der Waals surface area contributed by atoms with Gasteiger partial charge in [-0.1, -0.05) is 6.07 Å². The minimum Gasteiger partial charge on any atom is -0.305 e. The fourth-order valence-electron chi connectivity index (χ4n) is 1.96. The molecule has 102 valence electrons. The first-order valence-electron chi connectivity index (χ1n) is 6.08. The van der Waals surface area contributed by atoms with Crippen molar-refractivity contribution in [3.63, 3.8) is 0 Å². The van der Waals surface area contributed by atoms with E-state index in [1.165, 1.54) is 10.9 Å². The molecule has 1 aromatic heterocycles. The van der Waals surface area contributed by atoms with Gasteiger partial charge in [0.2, 0.25) is 0 Å². The third kappa shape index (κ3) is 3.61. The average molecular weight is 343 g/mol. The van der Waals surface area contributed by atoms with Gasteiger partial charge >= 0.3 is 0 Å². The quantitative estimate of drug-likeness (QED) is 0.883. The van der Waals surface area contributed by atoms with Gasteiger partial charge in [0, 0.05) is 17.5 Å². The summed E-state index contributed by atoms with van der Waals surface area (Å²) in [4.78, 5) is 5.70. The van der Waals surface area contributed by atoms with E-state index in [2.05, 4.69) is 33.2 Å². The Labute approximate surface area is 125 Å². The van der Waals surface area contributed by atoms with E-state index in [1.54, 1.807) is 23.5 Å². The Morgan fingerprint density at radius 3 is 2.74 bits per heavy atom. The molecule has 2 aromatic rings. The first-order valence-corrected chi connectivity index (χ1v) is 7.69. The molecule has 0 aliphatic carbocycles. The second-order valence-corrected chi connectivity index (χ2v) is 6.62. The van der Waals surface area contributed by atoms with Crippen LogP contribution in [0.4, 0.5) is 4.39 Å². The molecule has 0 aliphatic rings. The molecule has 2 nitrogen and oxygen atoms in total. The van der Waals surface area contributed by atoms with Crippen LogP contribution >= 0.6 is 27.3 Å². The topological polar surface area (TPSA) is 24.9 Å². The molecule has 0 bridgehead atoms. The van der Waals surface area contributed by atoms with Gasteiger partial charge in [-0.25, -0.2) is 9.37 Å². The lowest BCUT2D eigenvalue weighted by molar-refractivity contribution is 0.576. The van der Waals surface area contributed by atoms with Crippen LogP contribution in [0.1, 0.15) is 34.1 Å². The molecule has 0 radical (unpaired) electrons. The summed E-state index contributed by atoms with van der Waals surface area (Å²) in [6.45, 7) is 6.88. The van der Waals surface area contributed by atoms with Crippen LogP contribution in [-0.4, -0.2) is 4.98 Å². The van der Waals surface area contributed by atoms with E-state index in [-0.39, 0.29) is 11.9 Å². The first kappa shape index (κ1) is 14.6. The van der Waals surface area contributed by atoms with E-state index in [0.29, 0.717) is 11.0 Å². The van der Waals surface area contributed by atoms with Crippen molar-refractivity contribution >= 4 is 27.3 Å². The number of aromatic nitrogens is 1. The second-order valence-electron chi connectivity index (χ2n) is 4.53. The van der Waals surface area contributed by atoms with Crippen molar-refractivity contribution in [2.75, 3.05) is 0 Å². The van der Waals surface area contributed by atoms with Crippen molar-refractivity contribution in [3.05, 3.63) is 49.6 Å². The van der Waals surface area contributed by atoms with Gasteiger partial charge in [-0.3, -0.25) is 0 Å². The van der Waals surface area contributed by atoms with Crippen LogP contribution < -0.4 is 5.32 Å². The van der Waals surface area contributed by atoms with Crippen LogP contribution in [0, 0.1) is 19.7 Å². The lowest BCUT2D eigenvalue weighted by Crippen LogP contribution is -2.17. The standard InChI is InChI=1S/C14H16BrFN2S/c1-8(14-9(2)18-10(3)19-14)17-7-11-4-5-13(16)12(15)6-11/h4-6,8,17H,7H2,1-3H3. The fraction of sp³-hybridized carbons (Fsp3) is 0.357. The van der Waals surface area contributed by atoms with E-state index in [1.807, 2.05) is 13.8 Å². The van der Waals surface area contributed by atoms with Crippen molar-refractivity contribution in [3.8, 4) is 0 Å². The number of aryl methyl sites for hydroxylation is 2. The largest absolute Gasteiger partial charge is 0.305 e. The molecular weight excluding hydrogens is 327 g/mol. The van der Waals surface area contributed by atoms with Gasteiger partial charge in [-0.15, -0.1) is 11.3 Å². The highest BCUT2D eigenvalue weighted by Crippen LogP contribution is 2.25. The monoisotopic (exact) mass is 342 g/mol. The lowest BCUT2D eigenvalue weighted by atomic mass is 10.2. The normalized spacial score (nSPS) is 12.7. The van der Waals surface area contributed by atoms with Crippen molar-refractivity contribution < 1.29 is 4.39 Å². The molecule has 1 aromatic carbocycles. The number of nitrogens with zero attached hydrogens (tertiary/aromatic N) is 1. The van der Waals surface area contributed by atoms with Crippen molar-refractivity contribution in [1.82, 2.24) is 10.3 Å². The predicted octanol–water partition coefficient (Wildman–Crippen LogP) is 4.51. The van der Waals surface area contributed by atoms with Gasteiger partial charge in [0.25, 0.3) is 0 Å². The Hall–Kier alpha value is -0.780. The molecule has 0 saturated carbocycles. The summed E-state index contributed by atoms with van der Waals surface area (Å²) in [6, 6.07) is 5.33. The molecule has 1 unspecified atom stereocenters. The maximum Gasteiger partial charge on any atom is 0.137 e. The lowest BCUT2D eigenvalue weighted by Gasteiger charge is -2.13. The molecule has 0 aliphatic heterocycles. The molecule has 0 amide bonds. The Morgan fingerprint density at radius 2 is 2.16 bits per heavy atom. The van der Waals surface area contributed by atoms with Crippen molar-refractivity contribution in [2.24, 2.45) is 0 Å². The number of hydrogen-bond acceptors (Lipinski definition) is 3. The highest BCUT2D eigenvalue weighted by Gasteiger charge is 2.12. The summed E-state index contributed by atoms with van der Waals surface area (Å²) in [5.41, 5.74) is 2.14. The van der Waals surface area contributed by atoms with Crippen LogP contribution in [0.25, 0.3) is 0 Å². The van der Waals surface area contributed by atoms with Gasteiger partial charge in [-0.2, -0.15) is 0 Å².